The summed E-state index contributed by atoms with van der Waals surface area (Å²) >= 11 is 0. The van der Waals surface area contributed by atoms with Gasteiger partial charge < -0.3 is 10.4 Å². The first-order chi connectivity index (χ1) is 6.99. The van der Waals surface area contributed by atoms with Crippen LogP contribution in [0, 0.1) is 5.41 Å². The second-order valence-corrected chi connectivity index (χ2v) is 5.88. The Balaban J connectivity index is 2.04. The molecule has 0 saturated heterocycles. The van der Waals surface area contributed by atoms with Crippen molar-refractivity contribution in [2.24, 2.45) is 5.41 Å². The van der Waals surface area contributed by atoms with Gasteiger partial charge in [-0.3, -0.25) is 0 Å². The Morgan fingerprint density at radius 1 is 1.33 bits per heavy atom. The summed E-state index contributed by atoms with van der Waals surface area (Å²) in [6, 6.07) is 0.729. The van der Waals surface area contributed by atoms with Gasteiger partial charge in [0.05, 0.1) is 6.10 Å². The fourth-order valence-corrected chi connectivity index (χ4v) is 2.31. The van der Waals surface area contributed by atoms with Gasteiger partial charge in [-0.2, -0.15) is 0 Å². The SMILES string of the molecule is CC(O)CCCNC1CCC(C)(C)CC1. The number of hydrogen-bond donors (Lipinski definition) is 2. The van der Waals surface area contributed by atoms with Crippen LogP contribution in [0.25, 0.3) is 0 Å². The van der Waals surface area contributed by atoms with E-state index in [4.69, 9.17) is 5.11 Å². The van der Waals surface area contributed by atoms with Crippen molar-refractivity contribution >= 4 is 0 Å². The van der Waals surface area contributed by atoms with Crippen LogP contribution in [0.4, 0.5) is 0 Å². The summed E-state index contributed by atoms with van der Waals surface area (Å²) in [7, 11) is 0. The van der Waals surface area contributed by atoms with Crippen LogP contribution in [0.3, 0.4) is 0 Å². The van der Waals surface area contributed by atoms with Crippen molar-refractivity contribution in [1.29, 1.82) is 0 Å². The zero-order valence-electron chi connectivity index (χ0n) is 10.6. The average molecular weight is 213 g/mol. The molecule has 0 amide bonds. The van der Waals surface area contributed by atoms with Crippen LogP contribution in [0.1, 0.15) is 59.3 Å². The van der Waals surface area contributed by atoms with Gasteiger partial charge in [0.1, 0.15) is 0 Å². The molecule has 0 aromatic carbocycles. The van der Waals surface area contributed by atoms with Crippen LogP contribution in [-0.2, 0) is 0 Å². The van der Waals surface area contributed by atoms with Gasteiger partial charge in [0.25, 0.3) is 0 Å². The summed E-state index contributed by atoms with van der Waals surface area (Å²) in [6.45, 7) is 7.67. The van der Waals surface area contributed by atoms with E-state index in [-0.39, 0.29) is 6.10 Å². The van der Waals surface area contributed by atoms with E-state index in [1.54, 1.807) is 0 Å². The lowest BCUT2D eigenvalue weighted by Crippen LogP contribution is -2.36. The van der Waals surface area contributed by atoms with E-state index in [1.165, 1.54) is 25.7 Å². The van der Waals surface area contributed by atoms with Crippen LogP contribution in [0.5, 0.6) is 0 Å². The number of hydrogen-bond acceptors (Lipinski definition) is 2. The van der Waals surface area contributed by atoms with E-state index in [2.05, 4.69) is 19.2 Å². The number of aliphatic hydroxyl groups is 1. The lowest BCUT2D eigenvalue weighted by molar-refractivity contribution is 0.177. The quantitative estimate of drug-likeness (QED) is 0.688. The fraction of sp³-hybridized carbons (Fsp3) is 1.00. The van der Waals surface area contributed by atoms with Crippen LogP contribution in [-0.4, -0.2) is 23.8 Å². The summed E-state index contributed by atoms with van der Waals surface area (Å²) in [5.41, 5.74) is 0.567. The first-order valence-electron chi connectivity index (χ1n) is 6.41. The molecule has 0 aromatic heterocycles. The van der Waals surface area contributed by atoms with Crippen LogP contribution < -0.4 is 5.32 Å². The Morgan fingerprint density at radius 2 is 1.93 bits per heavy atom. The van der Waals surface area contributed by atoms with Crippen LogP contribution in [0.15, 0.2) is 0 Å². The number of nitrogens with one attached hydrogen (secondary N) is 1. The second kappa shape index (κ2) is 5.86. The zero-order chi connectivity index (χ0) is 11.3. The highest BCUT2D eigenvalue weighted by Crippen LogP contribution is 2.34. The van der Waals surface area contributed by atoms with Gasteiger partial charge in [-0.1, -0.05) is 13.8 Å². The molecule has 0 aromatic rings. The Morgan fingerprint density at radius 3 is 2.47 bits per heavy atom. The third-order valence-corrected chi connectivity index (χ3v) is 3.57. The highest BCUT2D eigenvalue weighted by atomic mass is 16.3. The molecule has 1 rings (SSSR count). The van der Waals surface area contributed by atoms with Gasteiger partial charge in [0.2, 0.25) is 0 Å². The topological polar surface area (TPSA) is 32.3 Å². The molecule has 1 atom stereocenters. The van der Waals surface area contributed by atoms with Gasteiger partial charge in [0.15, 0.2) is 0 Å². The molecule has 0 heterocycles. The van der Waals surface area contributed by atoms with E-state index in [1.807, 2.05) is 6.92 Å². The van der Waals surface area contributed by atoms with Crippen molar-refractivity contribution in [3.8, 4) is 0 Å². The highest BCUT2D eigenvalue weighted by Gasteiger charge is 2.26. The molecule has 0 radical (unpaired) electrons. The molecule has 15 heavy (non-hydrogen) atoms. The molecule has 2 heteroatoms. The standard InChI is InChI=1S/C13H27NO/c1-11(15)5-4-10-14-12-6-8-13(2,3)9-7-12/h11-12,14-15H,4-10H2,1-3H3. The Bertz CT molecular complexity index is 167. The van der Waals surface area contributed by atoms with Gasteiger partial charge >= 0.3 is 0 Å². The van der Waals surface area contributed by atoms with E-state index >= 15 is 0 Å². The van der Waals surface area contributed by atoms with Crippen molar-refractivity contribution in [2.45, 2.75) is 71.4 Å². The molecule has 1 saturated carbocycles. The Hall–Kier alpha value is -0.0800. The average Bonchev–Trinajstić information content (AvgIpc) is 2.14. The van der Waals surface area contributed by atoms with Gasteiger partial charge in [-0.05, 0) is 57.4 Å². The molecule has 1 aliphatic rings. The van der Waals surface area contributed by atoms with Crippen molar-refractivity contribution in [2.75, 3.05) is 6.54 Å². The summed E-state index contributed by atoms with van der Waals surface area (Å²) in [4.78, 5) is 0. The molecule has 0 aliphatic heterocycles. The van der Waals surface area contributed by atoms with E-state index < -0.39 is 0 Å². The predicted octanol–water partition coefficient (Wildman–Crippen LogP) is 2.71. The maximum atomic E-state index is 9.13. The molecule has 2 nitrogen and oxygen atoms in total. The third kappa shape index (κ3) is 5.53. The maximum absolute atomic E-state index is 9.13. The van der Waals surface area contributed by atoms with Crippen molar-refractivity contribution in [3.63, 3.8) is 0 Å². The molecule has 1 unspecified atom stereocenters. The minimum atomic E-state index is -0.142. The van der Waals surface area contributed by atoms with Crippen LogP contribution in [0.2, 0.25) is 0 Å². The zero-order valence-corrected chi connectivity index (χ0v) is 10.6. The summed E-state index contributed by atoms with van der Waals surface area (Å²) < 4.78 is 0. The second-order valence-electron chi connectivity index (χ2n) is 5.88. The van der Waals surface area contributed by atoms with Crippen LogP contribution >= 0.6 is 0 Å². The predicted molar refractivity (Wildman–Crippen MR) is 65.0 cm³/mol. The minimum absolute atomic E-state index is 0.142. The van der Waals surface area contributed by atoms with E-state index in [0.29, 0.717) is 5.41 Å². The molecule has 0 bridgehead atoms. The largest absolute Gasteiger partial charge is 0.393 e. The molecule has 1 fully saturated rings. The van der Waals surface area contributed by atoms with Gasteiger partial charge in [0, 0.05) is 6.04 Å². The normalized spacial score (nSPS) is 24.0. The van der Waals surface area contributed by atoms with Crippen molar-refractivity contribution in [1.82, 2.24) is 5.32 Å². The van der Waals surface area contributed by atoms with Gasteiger partial charge in [-0.25, -0.2) is 0 Å². The monoisotopic (exact) mass is 213 g/mol. The van der Waals surface area contributed by atoms with Gasteiger partial charge in [-0.15, -0.1) is 0 Å². The van der Waals surface area contributed by atoms with E-state index in [9.17, 15) is 0 Å². The molecule has 1 aliphatic carbocycles. The fourth-order valence-electron chi connectivity index (χ4n) is 2.31. The van der Waals surface area contributed by atoms with E-state index in [0.717, 1.165) is 25.4 Å². The molecular formula is C13H27NO. The molecular weight excluding hydrogens is 186 g/mol. The summed E-state index contributed by atoms with van der Waals surface area (Å²) in [6.07, 6.45) is 7.21. The first-order valence-corrected chi connectivity index (χ1v) is 6.41. The number of rotatable bonds is 5. The maximum Gasteiger partial charge on any atom is 0.0512 e. The Labute approximate surface area is 94.5 Å². The molecule has 0 spiro atoms. The van der Waals surface area contributed by atoms with Crippen molar-refractivity contribution < 1.29 is 5.11 Å². The summed E-state index contributed by atoms with van der Waals surface area (Å²) in [5, 5.41) is 12.7. The highest BCUT2D eigenvalue weighted by molar-refractivity contribution is 4.81. The minimum Gasteiger partial charge on any atom is -0.393 e. The lowest BCUT2D eigenvalue weighted by Gasteiger charge is -2.34. The molecule has 2 N–H and O–H groups in total. The lowest BCUT2D eigenvalue weighted by atomic mass is 9.75. The van der Waals surface area contributed by atoms with Crippen molar-refractivity contribution in [3.05, 3.63) is 0 Å². The smallest absolute Gasteiger partial charge is 0.0512 e. The third-order valence-electron chi connectivity index (χ3n) is 3.57. The number of aliphatic hydroxyl groups excluding tert-OH is 1. The Kier molecular flexibility index (Phi) is 5.07. The first kappa shape index (κ1) is 13.0. The summed E-state index contributed by atoms with van der Waals surface area (Å²) in [5.74, 6) is 0. The molecule has 90 valence electrons.